The minimum Gasteiger partial charge on any atom is -0.497 e. The van der Waals surface area contributed by atoms with E-state index in [1.54, 1.807) is 21.1 Å². The van der Waals surface area contributed by atoms with Crippen molar-refractivity contribution in [3.63, 3.8) is 0 Å². The monoisotopic (exact) mass is 396 g/mol. The second-order valence-electron chi connectivity index (χ2n) is 7.17. The molecule has 1 saturated carbocycles. The normalized spacial score (nSPS) is 23.7. The van der Waals surface area contributed by atoms with Crippen LogP contribution in [0, 0.1) is 17.8 Å². The third kappa shape index (κ3) is 4.65. The van der Waals surface area contributed by atoms with E-state index in [0.29, 0.717) is 0 Å². The zero-order valence-electron chi connectivity index (χ0n) is 17.4. The van der Waals surface area contributed by atoms with Gasteiger partial charge in [-0.1, -0.05) is 24.1 Å². The molecule has 2 aliphatic carbocycles. The van der Waals surface area contributed by atoms with E-state index in [9.17, 15) is 4.79 Å². The van der Waals surface area contributed by atoms with Gasteiger partial charge in [-0.05, 0) is 43.5 Å². The Kier molecular flexibility index (Phi) is 7.00. The van der Waals surface area contributed by atoms with Crippen molar-refractivity contribution < 1.29 is 23.7 Å². The van der Waals surface area contributed by atoms with Gasteiger partial charge in [0, 0.05) is 18.6 Å². The number of hydrogen-bond donors (Lipinski definition) is 0. The van der Waals surface area contributed by atoms with Crippen molar-refractivity contribution in [3.8, 4) is 17.6 Å². The summed E-state index contributed by atoms with van der Waals surface area (Å²) in [5, 5.41) is 0. The van der Waals surface area contributed by atoms with Gasteiger partial charge in [-0.2, -0.15) is 0 Å². The molecule has 0 aliphatic heterocycles. The highest BCUT2D eigenvalue weighted by Gasteiger charge is 2.40. The largest absolute Gasteiger partial charge is 0.497 e. The molecule has 5 heteroatoms. The molecular weight excluding hydrogens is 368 g/mol. The van der Waals surface area contributed by atoms with E-state index in [1.807, 2.05) is 30.3 Å². The number of fused-ring (bicyclic) bond motifs is 1. The molecule has 0 radical (unpaired) electrons. The Morgan fingerprint density at radius 1 is 1.17 bits per heavy atom. The number of hydrogen-bond acceptors (Lipinski definition) is 5. The van der Waals surface area contributed by atoms with Crippen LogP contribution >= 0.6 is 0 Å². The molecule has 5 nitrogen and oxygen atoms in total. The number of esters is 1. The van der Waals surface area contributed by atoms with Crippen LogP contribution in [0.4, 0.5) is 0 Å². The fourth-order valence-electron chi connectivity index (χ4n) is 4.15. The van der Waals surface area contributed by atoms with Crippen molar-refractivity contribution >= 4 is 5.97 Å². The van der Waals surface area contributed by atoms with Crippen molar-refractivity contribution in [2.45, 2.75) is 44.3 Å². The second-order valence-corrected chi connectivity index (χ2v) is 7.17. The van der Waals surface area contributed by atoms with Crippen molar-refractivity contribution in [1.82, 2.24) is 0 Å². The zero-order valence-corrected chi connectivity index (χ0v) is 17.4. The van der Waals surface area contributed by atoms with Crippen LogP contribution < -0.4 is 4.74 Å². The van der Waals surface area contributed by atoms with Crippen molar-refractivity contribution in [1.29, 1.82) is 0 Å². The van der Waals surface area contributed by atoms with Gasteiger partial charge in [-0.25, -0.2) is 0 Å². The van der Waals surface area contributed by atoms with Gasteiger partial charge in [0.15, 0.2) is 0 Å². The van der Waals surface area contributed by atoms with Crippen molar-refractivity contribution in [2.75, 3.05) is 21.3 Å². The van der Waals surface area contributed by atoms with E-state index in [-0.39, 0.29) is 36.4 Å². The highest BCUT2D eigenvalue weighted by Crippen LogP contribution is 2.42. The first-order valence-corrected chi connectivity index (χ1v) is 9.86. The molecule has 3 rings (SSSR count). The van der Waals surface area contributed by atoms with Gasteiger partial charge in [0.2, 0.25) is 0 Å². The van der Waals surface area contributed by atoms with E-state index in [4.69, 9.17) is 18.9 Å². The Bertz CT molecular complexity index is 840. The predicted molar refractivity (Wildman–Crippen MR) is 110 cm³/mol. The summed E-state index contributed by atoms with van der Waals surface area (Å²) in [4.78, 5) is 11.7. The predicted octanol–water partition coefficient (Wildman–Crippen LogP) is 4.00. The van der Waals surface area contributed by atoms with Crippen LogP contribution in [0.3, 0.4) is 0 Å². The quantitative estimate of drug-likeness (QED) is 0.515. The summed E-state index contributed by atoms with van der Waals surface area (Å²) in [6.45, 7) is 1.77. The van der Waals surface area contributed by atoms with Gasteiger partial charge in [-0.3, -0.25) is 4.79 Å². The van der Waals surface area contributed by atoms with Crippen LogP contribution in [0.1, 0.15) is 37.7 Å². The molecule has 4 atom stereocenters. The highest BCUT2D eigenvalue weighted by molar-refractivity contribution is 5.71. The Morgan fingerprint density at radius 3 is 2.55 bits per heavy atom. The van der Waals surface area contributed by atoms with Crippen LogP contribution in [0.15, 0.2) is 47.7 Å². The average Bonchev–Trinajstić information content (AvgIpc) is 3.17. The summed E-state index contributed by atoms with van der Waals surface area (Å²) in [5.74, 6) is 7.46. The molecule has 0 saturated heterocycles. The summed E-state index contributed by atoms with van der Waals surface area (Å²) < 4.78 is 22.3. The lowest BCUT2D eigenvalue weighted by molar-refractivity contribution is -0.140. The smallest absolute Gasteiger partial charge is 0.307 e. The van der Waals surface area contributed by atoms with Crippen LogP contribution in [-0.4, -0.2) is 39.5 Å². The van der Waals surface area contributed by atoms with Gasteiger partial charge < -0.3 is 18.9 Å². The van der Waals surface area contributed by atoms with Gasteiger partial charge in [0.05, 0.1) is 32.7 Å². The van der Waals surface area contributed by atoms with Crippen molar-refractivity contribution in [3.05, 3.63) is 53.3 Å². The number of methoxy groups -OCH3 is 3. The first kappa shape index (κ1) is 21.0. The summed E-state index contributed by atoms with van der Waals surface area (Å²) in [5.41, 5.74) is 2.14. The van der Waals surface area contributed by atoms with E-state index in [1.165, 1.54) is 12.7 Å². The van der Waals surface area contributed by atoms with Crippen LogP contribution in [0.5, 0.6) is 5.75 Å². The number of rotatable bonds is 7. The summed E-state index contributed by atoms with van der Waals surface area (Å²) >= 11 is 0. The number of ether oxygens (including phenoxy) is 4. The average molecular weight is 396 g/mol. The Morgan fingerprint density at radius 2 is 1.93 bits per heavy atom. The zero-order chi connectivity index (χ0) is 20.8. The molecule has 1 fully saturated rings. The molecular formula is C24H28O5. The SMILES string of the molecule is CC#CC(CC(=O)OC)c1ccc(OC2CCC3C2=C(OC)C=CC3OC)cc1. The minimum absolute atomic E-state index is 0.0373. The molecule has 1 aromatic carbocycles. The molecule has 0 aromatic heterocycles. The number of carbonyl (C=O) groups excluding carboxylic acids is 1. The lowest BCUT2D eigenvalue weighted by Gasteiger charge is -2.28. The van der Waals surface area contributed by atoms with Crippen LogP contribution in [-0.2, 0) is 19.0 Å². The maximum absolute atomic E-state index is 11.7. The standard InChI is InChI=1S/C24H28O5/c1-5-6-17(15-23(25)28-4)16-7-9-18(10-8-16)29-22-12-11-19-20(26-2)13-14-21(27-3)24(19)22/h7-10,13-14,17,19-20,22H,11-12,15H2,1-4H3. The van der Waals surface area contributed by atoms with E-state index < -0.39 is 0 Å². The van der Waals surface area contributed by atoms with E-state index in [0.717, 1.165) is 29.9 Å². The first-order chi connectivity index (χ1) is 14.1. The molecule has 2 aliphatic rings. The van der Waals surface area contributed by atoms with Gasteiger partial charge in [0.25, 0.3) is 0 Å². The van der Waals surface area contributed by atoms with Crippen molar-refractivity contribution in [2.24, 2.45) is 5.92 Å². The fraction of sp³-hybridized carbons (Fsp3) is 0.458. The molecule has 1 aromatic rings. The Balaban J connectivity index is 1.75. The Labute approximate surface area is 172 Å². The number of benzene rings is 1. The highest BCUT2D eigenvalue weighted by atomic mass is 16.5. The molecule has 0 spiro atoms. The maximum atomic E-state index is 11.7. The third-order valence-corrected chi connectivity index (χ3v) is 5.57. The van der Waals surface area contributed by atoms with Gasteiger partial charge in [0.1, 0.15) is 17.6 Å². The van der Waals surface area contributed by atoms with Gasteiger partial charge in [-0.15, -0.1) is 5.92 Å². The second kappa shape index (κ2) is 9.67. The minimum atomic E-state index is -0.271. The lowest BCUT2D eigenvalue weighted by Crippen LogP contribution is -2.27. The maximum Gasteiger partial charge on any atom is 0.307 e. The lowest BCUT2D eigenvalue weighted by atomic mass is 9.90. The number of allylic oxidation sites excluding steroid dienone is 1. The summed E-state index contributed by atoms with van der Waals surface area (Å²) in [6, 6.07) is 7.79. The fourth-order valence-corrected chi connectivity index (χ4v) is 4.15. The molecule has 0 amide bonds. The summed E-state index contributed by atoms with van der Waals surface area (Å²) in [7, 11) is 4.82. The molecule has 0 bridgehead atoms. The molecule has 4 unspecified atom stereocenters. The molecule has 154 valence electrons. The van der Waals surface area contributed by atoms with Gasteiger partial charge >= 0.3 is 5.97 Å². The molecule has 0 heterocycles. The first-order valence-electron chi connectivity index (χ1n) is 9.86. The van der Waals surface area contributed by atoms with E-state index in [2.05, 4.69) is 17.9 Å². The topological polar surface area (TPSA) is 54.0 Å². The third-order valence-electron chi connectivity index (χ3n) is 5.57. The number of carbonyl (C=O) groups is 1. The van der Waals surface area contributed by atoms with Crippen LogP contribution in [0.2, 0.25) is 0 Å². The molecule has 0 N–H and O–H groups in total. The molecule has 29 heavy (non-hydrogen) atoms. The van der Waals surface area contributed by atoms with Crippen LogP contribution in [0.25, 0.3) is 0 Å². The summed E-state index contributed by atoms with van der Waals surface area (Å²) in [6.07, 6.45) is 6.21. The Hall–Kier alpha value is -2.71. The van der Waals surface area contributed by atoms with E-state index >= 15 is 0 Å².